The lowest BCUT2D eigenvalue weighted by atomic mass is 10.0. The zero-order chi connectivity index (χ0) is 9.07. The van der Waals surface area contributed by atoms with Crippen LogP contribution in [0, 0.1) is 0 Å². The Morgan fingerprint density at radius 3 is 2.36 bits per heavy atom. The predicted molar refractivity (Wildman–Crippen MR) is 41.7 cm³/mol. The Bertz CT molecular complexity index is 157. The lowest BCUT2D eigenvalue weighted by Crippen LogP contribution is -2.24. The van der Waals surface area contributed by atoms with Crippen LogP contribution in [0.15, 0.2) is 0 Å². The molecule has 0 fully saturated rings. The molecule has 0 radical (unpaired) electrons. The average Bonchev–Trinajstić information content (AvgIpc) is 1.53. The number of hydrogen-bond donors (Lipinski definition) is 1. The van der Waals surface area contributed by atoms with Gasteiger partial charge in [0, 0.05) is 6.42 Å². The van der Waals surface area contributed by atoms with Gasteiger partial charge in [-0.05, 0) is 20.8 Å². The van der Waals surface area contributed by atoms with E-state index in [1.54, 1.807) is 13.8 Å². The Labute approximate surface area is 66.5 Å². The molecule has 0 aliphatic rings. The van der Waals surface area contributed by atoms with Crippen molar-refractivity contribution in [1.82, 2.24) is 0 Å². The summed E-state index contributed by atoms with van der Waals surface area (Å²) in [7, 11) is -2.94. The fraction of sp³-hybridized carbons (Fsp3) is 0.833. The molecule has 0 spiro atoms. The van der Waals surface area contributed by atoms with Gasteiger partial charge in [-0.15, -0.1) is 0 Å². The zero-order valence-electron chi connectivity index (χ0n) is 6.88. The molecule has 0 aromatic rings. The number of carbonyl (C=O) groups excluding carboxylic acids is 1. The molecule has 0 saturated carbocycles. The Morgan fingerprint density at radius 2 is 2.09 bits per heavy atom. The van der Waals surface area contributed by atoms with Gasteiger partial charge in [0.05, 0.1) is 5.60 Å². The standard InChI is InChI=1S/C6H13O4P/c1-5(7)4-6(2,3)10-11(8)9/h11H,4H2,1-3H3,(H,8,9). The number of ketones is 1. The summed E-state index contributed by atoms with van der Waals surface area (Å²) in [5.41, 5.74) is -0.823. The van der Waals surface area contributed by atoms with Gasteiger partial charge in [0.25, 0.3) is 0 Å². The molecule has 0 saturated heterocycles. The van der Waals surface area contributed by atoms with Crippen molar-refractivity contribution in [3.63, 3.8) is 0 Å². The van der Waals surface area contributed by atoms with Crippen molar-refractivity contribution in [2.45, 2.75) is 32.8 Å². The van der Waals surface area contributed by atoms with Crippen LogP contribution in [-0.2, 0) is 13.9 Å². The van der Waals surface area contributed by atoms with E-state index < -0.39 is 13.9 Å². The Balaban J connectivity index is 3.99. The quantitative estimate of drug-likeness (QED) is 0.659. The molecular weight excluding hydrogens is 167 g/mol. The van der Waals surface area contributed by atoms with Crippen molar-refractivity contribution < 1.29 is 18.8 Å². The first-order chi connectivity index (χ1) is 4.83. The second-order valence-corrected chi connectivity index (χ2v) is 3.74. The van der Waals surface area contributed by atoms with Crippen LogP contribution in [-0.4, -0.2) is 16.3 Å². The molecule has 66 valence electrons. The highest BCUT2D eigenvalue weighted by atomic mass is 31.1. The largest absolute Gasteiger partial charge is 0.326 e. The predicted octanol–water partition coefficient (Wildman–Crippen LogP) is 1.14. The minimum absolute atomic E-state index is 0.0572. The lowest BCUT2D eigenvalue weighted by Gasteiger charge is -2.21. The SMILES string of the molecule is CC(=O)CC(C)(C)O[PH](=O)O. The molecule has 0 aliphatic heterocycles. The van der Waals surface area contributed by atoms with Crippen LogP contribution in [0.2, 0.25) is 0 Å². The first-order valence-electron chi connectivity index (χ1n) is 3.25. The zero-order valence-corrected chi connectivity index (χ0v) is 7.88. The van der Waals surface area contributed by atoms with Gasteiger partial charge in [-0.1, -0.05) is 0 Å². The highest BCUT2D eigenvalue weighted by molar-refractivity contribution is 7.32. The van der Waals surface area contributed by atoms with Crippen LogP contribution in [0.3, 0.4) is 0 Å². The van der Waals surface area contributed by atoms with E-state index >= 15 is 0 Å². The van der Waals surface area contributed by atoms with Gasteiger partial charge in [-0.25, -0.2) is 0 Å². The Hall–Kier alpha value is -0.180. The fourth-order valence-corrected chi connectivity index (χ4v) is 1.42. The first-order valence-corrected chi connectivity index (χ1v) is 4.51. The molecule has 1 N–H and O–H groups in total. The fourth-order valence-electron chi connectivity index (χ4n) is 0.872. The molecule has 0 aliphatic carbocycles. The summed E-state index contributed by atoms with van der Waals surface area (Å²) < 4.78 is 14.9. The van der Waals surface area contributed by atoms with E-state index in [0.717, 1.165) is 0 Å². The smallest absolute Gasteiger partial charge is 0.317 e. The molecule has 0 amide bonds. The summed E-state index contributed by atoms with van der Waals surface area (Å²) in [6.45, 7) is 4.63. The van der Waals surface area contributed by atoms with Gasteiger partial charge in [0.15, 0.2) is 0 Å². The molecule has 0 rings (SSSR count). The van der Waals surface area contributed by atoms with E-state index in [9.17, 15) is 9.36 Å². The second kappa shape index (κ2) is 4.00. The highest BCUT2D eigenvalue weighted by Crippen LogP contribution is 2.28. The van der Waals surface area contributed by atoms with Crippen LogP contribution in [0.25, 0.3) is 0 Å². The minimum atomic E-state index is -2.94. The summed E-state index contributed by atoms with van der Waals surface area (Å²) in [4.78, 5) is 19.0. The molecule has 5 heteroatoms. The maximum atomic E-state index is 10.6. The monoisotopic (exact) mass is 180 g/mol. The average molecular weight is 180 g/mol. The number of Topliss-reactive ketones (excluding diaryl/α,β-unsaturated/α-hetero) is 1. The molecule has 0 aromatic carbocycles. The van der Waals surface area contributed by atoms with Crippen molar-refractivity contribution in [2.24, 2.45) is 0 Å². The van der Waals surface area contributed by atoms with E-state index in [-0.39, 0.29) is 12.2 Å². The summed E-state index contributed by atoms with van der Waals surface area (Å²) in [5.74, 6) is -0.0572. The van der Waals surface area contributed by atoms with Gasteiger partial charge in [-0.3, -0.25) is 9.36 Å². The lowest BCUT2D eigenvalue weighted by molar-refractivity contribution is -0.120. The number of rotatable bonds is 4. The van der Waals surface area contributed by atoms with Crippen molar-refractivity contribution >= 4 is 14.0 Å². The molecular formula is C6H13O4P. The van der Waals surface area contributed by atoms with Crippen LogP contribution in [0.1, 0.15) is 27.2 Å². The van der Waals surface area contributed by atoms with Gasteiger partial charge >= 0.3 is 8.25 Å². The van der Waals surface area contributed by atoms with Crippen molar-refractivity contribution in [3.05, 3.63) is 0 Å². The third-order valence-electron chi connectivity index (χ3n) is 1.04. The third kappa shape index (κ3) is 6.23. The van der Waals surface area contributed by atoms with E-state index in [0.29, 0.717) is 0 Å². The van der Waals surface area contributed by atoms with E-state index in [4.69, 9.17) is 4.89 Å². The first kappa shape index (κ1) is 10.8. The molecule has 1 unspecified atom stereocenters. The van der Waals surface area contributed by atoms with Crippen molar-refractivity contribution in [2.75, 3.05) is 0 Å². The van der Waals surface area contributed by atoms with Gasteiger partial charge < -0.3 is 9.42 Å². The van der Waals surface area contributed by atoms with E-state index in [1.807, 2.05) is 0 Å². The van der Waals surface area contributed by atoms with Crippen LogP contribution in [0.4, 0.5) is 0 Å². The number of hydrogen-bond acceptors (Lipinski definition) is 3. The normalized spacial score (nSPS) is 14.5. The minimum Gasteiger partial charge on any atom is -0.326 e. The third-order valence-corrected chi connectivity index (χ3v) is 1.77. The molecule has 0 heterocycles. The van der Waals surface area contributed by atoms with Crippen LogP contribution in [0.5, 0.6) is 0 Å². The highest BCUT2D eigenvalue weighted by Gasteiger charge is 2.22. The van der Waals surface area contributed by atoms with Gasteiger partial charge in [0.2, 0.25) is 0 Å². The molecule has 0 bridgehead atoms. The second-order valence-electron chi connectivity index (χ2n) is 3.01. The maximum Gasteiger partial charge on any atom is 0.317 e. The van der Waals surface area contributed by atoms with Crippen molar-refractivity contribution in [1.29, 1.82) is 0 Å². The summed E-state index contributed by atoms with van der Waals surface area (Å²) in [6, 6.07) is 0. The summed E-state index contributed by atoms with van der Waals surface area (Å²) in [6.07, 6.45) is 0.157. The van der Waals surface area contributed by atoms with Gasteiger partial charge in [0.1, 0.15) is 5.78 Å². The van der Waals surface area contributed by atoms with E-state index in [1.165, 1.54) is 6.92 Å². The van der Waals surface area contributed by atoms with Gasteiger partial charge in [-0.2, -0.15) is 0 Å². The summed E-state index contributed by atoms with van der Waals surface area (Å²) >= 11 is 0. The molecule has 11 heavy (non-hydrogen) atoms. The topological polar surface area (TPSA) is 63.6 Å². The Kier molecular flexibility index (Phi) is 3.93. The summed E-state index contributed by atoms with van der Waals surface area (Å²) in [5, 5.41) is 0. The maximum absolute atomic E-state index is 10.6. The number of carbonyl (C=O) groups is 1. The Morgan fingerprint density at radius 1 is 1.64 bits per heavy atom. The molecule has 0 aromatic heterocycles. The van der Waals surface area contributed by atoms with Crippen molar-refractivity contribution in [3.8, 4) is 0 Å². The van der Waals surface area contributed by atoms with Crippen LogP contribution < -0.4 is 0 Å². The van der Waals surface area contributed by atoms with Crippen LogP contribution >= 0.6 is 8.25 Å². The van der Waals surface area contributed by atoms with E-state index in [2.05, 4.69) is 4.52 Å². The molecule has 1 atom stereocenters. The molecule has 4 nitrogen and oxygen atoms in total.